The van der Waals surface area contributed by atoms with Crippen LogP contribution in [0.15, 0.2) is 18.8 Å². The van der Waals surface area contributed by atoms with E-state index in [0.29, 0.717) is 5.69 Å². The van der Waals surface area contributed by atoms with E-state index in [9.17, 15) is 0 Å². The van der Waals surface area contributed by atoms with E-state index in [1.165, 1.54) is 0 Å². The Bertz CT molecular complexity index is 352. The number of aromatic amines is 1. The average Bonchev–Trinajstić information content (AvgIpc) is 2.50. The zero-order valence-electron chi connectivity index (χ0n) is 5.78. The van der Waals surface area contributed by atoms with Crippen molar-refractivity contribution < 1.29 is 0 Å². The van der Waals surface area contributed by atoms with Crippen LogP contribution >= 0.6 is 0 Å². The van der Waals surface area contributed by atoms with Gasteiger partial charge in [-0.3, -0.25) is 10.1 Å². The lowest BCUT2D eigenvalue weighted by Gasteiger charge is -1.97. The Morgan fingerprint density at radius 1 is 1.55 bits per heavy atom. The maximum absolute atomic E-state index is 4.08. The Labute approximate surface area is 63.3 Å². The molecule has 4 heteroatoms. The van der Waals surface area contributed by atoms with Crippen LogP contribution in [0.1, 0.15) is 5.69 Å². The molecular formula is C7H6N4. The highest BCUT2D eigenvalue weighted by atomic mass is 15.3. The molecule has 0 aromatic carbocycles. The Hall–Kier alpha value is -1.71. The first-order valence-corrected chi connectivity index (χ1v) is 3.20. The Morgan fingerprint density at radius 2 is 2.45 bits per heavy atom. The molecule has 0 aromatic heterocycles. The standard InChI is InChI=1S/C7H6N4/c1-2-5-7-6(3-4-8-7)10-11-9-5/h2-4H,1H2,(H,9,10). The summed E-state index contributed by atoms with van der Waals surface area (Å²) >= 11 is 0. The van der Waals surface area contributed by atoms with Gasteiger partial charge in [-0.25, -0.2) is 0 Å². The molecule has 54 valence electrons. The van der Waals surface area contributed by atoms with Crippen LogP contribution in [0.3, 0.4) is 0 Å². The summed E-state index contributed by atoms with van der Waals surface area (Å²) in [6.45, 7) is 3.60. The molecule has 0 amide bonds. The predicted molar refractivity (Wildman–Crippen MR) is 40.9 cm³/mol. The number of rotatable bonds is 1. The maximum atomic E-state index is 4.08. The largest absolute Gasteiger partial charge is 0.257 e. The molecule has 2 aliphatic heterocycles. The number of hydrogen-bond acceptors (Lipinski definition) is 3. The first-order valence-electron chi connectivity index (χ1n) is 3.20. The third kappa shape index (κ3) is 0.797. The summed E-state index contributed by atoms with van der Waals surface area (Å²) in [5, 5.41) is 10.2. The topological polar surface area (TPSA) is 54.5 Å². The molecule has 4 nitrogen and oxygen atoms in total. The molecule has 0 saturated heterocycles. The quantitative estimate of drug-likeness (QED) is 0.651. The molecule has 0 unspecified atom stereocenters. The maximum Gasteiger partial charge on any atom is 0.116 e. The van der Waals surface area contributed by atoms with Crippen molar-refractivity contribution in [1.29, 1.82) is 0 Å². The molecule has 0 aromatic rings. The molecular weight excluding hydrogens is 140 g/mol. The highest BCUT2D eigenvalue weighted by molar-refractivity contribution is 5.66. The summed E-state index contributed by atoms with van der Waals surface area (Å²) in [7, 11) is 0. The van der Waals surface area contributed by atoms with Crippen molar-refractivity contribution >= 4 is 6.08 Å². The molecule has 0 atom stereocenters. The van der Waals surface area contributed by atoms with Gasteiger partial charge < -0.3 is 0 Å². The molecule has 1 N–H and O–H groups in total. The van der Waals surface area contributed by atoms with Gasteiger partial charge in [0.1, 0.15) is 11.4 Å². The van der Waals surface area contributed by atoms with Gasteiger partial charge in [0.15, 0.2) is 0 Å². The number of H-pyrrole nitrogens is 1. The summed E-state index contributed by atoms with van der Waals surface area (Å²) < 4.78 is 0. The minimum absolute atomic E-state index is 0.712. The van der Waals surface area contributed by atoms with Gasteiger partial charge in [-0.15, -0.1) is 5.10 Å². The van der Waals surface area contributed by atoms with Crippen LogP contribution in [0.5, 0.6) is 0 Å². The molecule has 0 bridgehead atoms. The summed E-state index contributed by atoms with van der Waals surface area (Å²) in [4.78, 5) is 4.08. The average molecular weight is 146 g/mol. The lowest BCUT2D eigenvalue weighted by Crippen LogP contribution is -1.95. The Morgan fingerprint density at radius 3 is 3.27 bits per heavy atom. The fraction of sp³-hybridized carbons (Fsp3) is 0. The van der Waals surface area contributed by atoms with Gasteiger partial charge in [0.05, 0.1) is 5.69 Å². The van der Waals surface area contributed by atoms with Crippen molar-refractivity contribution in [2.24, 2.45) is 0 Å². The van der Waals surface area contributed by atoms with E-state index < -0.39 is 0 Å². The predicted octanol–water partition coefficient (Wildman–Crippen LogP) is 0.947. The lowest BCUT2D eigenvalue weighted by molar-refractivity contribution is 0.859. The molecule has 0 saturated carbocycles. The molecule has 2 heterocycles. The van der Waals surface area contributed by atoms with Crippen molar-refractivity contribution in [1.82, 2.24) is 20.4 Å². The van der Waals surface area contributed by atoms with E-state index in [1.807, 2.05) is 6.07 Å². The zero-order chi connectivity index (χ0) is 7.68. The minimum Gasteiger partial charge on any atom is -0.257 e. The van der Waals surface area contributed by atoms with Crippen molar-refractivity contribution in [2.75, 3.05) is 0 Å². The van der Waals surface area contributed by atoms with Gasteiger partial charge in [0.25, 0.3) is 0 Å². The summed E-state index contributed by atoms with van der Waals surface area (Å²) in [6.07, 6.45) is 3.34. The Kier molecular flexibility index (Phi) is 1.18. The van der Waals surface area contributed by atoms with E-state index in [4.69, 9.17) is 0 Å². The molecule has 11 heavy (non-hydrogen) atoms. The molecule has 0 radical (unpaired) electrons. The van der Waals surface area contributed by atoms with E-state index >= 15 is 0 Å². The number of fused-ring (bicyclic) bond motifs is 1. The second kappa shape index (κ2) is 2.16. The molecule has 0 spiro atoms. The summed E-state index contributed by atoms with van der Waals surface area (Å²) in [5.74, 6) is 0. The van der Waals surface area contributed by atoms with Crippen molar-refractivity contribution in [3.8, 4) is 11.4 Å². The lowest BCUT2D eigenvalue weighted by atomic mass is 10.2. The summed E-state index contributed by atoms with van der Waals surface area (Å²) in [6, 6.07) is 1.84. The van der Waals surface area contributed by atoms with Crippen LogP contribution < -0.4 is 0 Å². The van der Waals surface area contributed by atoms with Crippen molar-refractivity contribution in [3.63, 3.8) is 0 Å². The van der Waals surface area contributed by atoms with Gasteiger partial charge in [0, 0.05) is 6.20 Å². The van der Waals surface area contributed by atoms with Crippen LogP contribution in [0, 0.1) is 0 Å². The van der Waals surface area contributed by atoms with Gasteiger partial charge in [-0.05, 0) is 12.1 Å². The molecule has 2 aliphatic rings. The fourth-order valence-corrected chi connectivity index (χ4v) is 0.947. The number of nitrogens with zero attached hydrogens (tertiary/aromatic N) is 3. The van der Waals surface area contributed by atoms with Crippen molar-refractivity contribution in [2.45, 2.75) is 0 Å². The molecule has 0 aliphatic carbocycles. The monoisotopic (exact) mass is 146 g/mol. The second-order valence-electron chi connectivity index (χ2n) is 2.11. The van der Waals surface area contributed by atoms with Crippen LogP contribution in [0.25, 0.3) is 17.5 Å². The van der Waals surface area contributed by atoms with E-state index in [1.54, 1.807) is 12.3 Å². The van der Waals surface area contributed by atoms with Gasteiger partial charge >= 0.3 is 0 Å². The van der Waals surface area contributed by atoms with Gasteiger partial charge in [0.2, 0.25) is 0 Å². The van der Waals surface area contributed by atoms with Gasteiger partial charge in [-0.1, -0.05) is 11.8 Å². The van der Waals surface area contributed by atoms with Crippen LogP contribution in [0.4, 0.5) is 0 Å². The van der Waals surface area contributed by atoms with Crippen LogP contribution in [-0.2, 0) is 0 Å². The molecule has 2 rings (SSSR count). The fourth-order valence-electron chi connectivity index (χ4n) is 0.947. The first kappa shape index (κ1) is 6.03. The normalized spacial score (nSPS) is 10.2. The van der Waals surface area contributed by atoms with Crippen LogP contribution in [0.2, 0.25) is 0 Å². The number of hydrogen-bond donors (Lipinski definition) is 1. The van der Waals surface area contributed by atoms with E-state index in [2.05, 4.69) is 27.0 Å². The third-order valence-corrected chi connectivity index (χ3v) is 1.46. The number of aromatic nitrogens is 4. The Balaban J connectivity index is 2.75. The smallest absolute Gasteiger partial charge is 0.116 e. The SMILES string of the molecule is C=Cc1nn[nH]c2ccnc1-2. The van der Waals surface area contributed by atoms with E-state index in [-0.39, 0.29) is 0 Å². The van der Waals surface area contributed by atoms with Gasteiger partial charge in [-0.2, -0.15) is 0 Å². The zero-order valence-corrected chi connectivity index (χ0v) is 5.78. The number of nitrogens with one attached hydrogen (secondary N) is 1. The highest BCUT2D eigenvalue weighted by Gasteiger charge is 2.08. The van der Waals surface area contributed by atoms with E-state index in [0.717, 1.165) is 11.4 Å². The summed E-state index contributed by atoms with van der Waals surface area (Å²) in [5.41, 5.74) is 2.41. The first-order chi connectivity index (χ1) is 5.42. The minimum atomic E-state index is 0.712. The highest BCUT2D eigenvalue weighted by Crippen LogP contribution is 2.18. The third-order valence-electron chi connectivity index (χ3n) is 1.46. The second-order valence-corrected chi connectivity index (χ2v) is 2.11. The molecule has 0 fully saturated rings. The van der Waals surface area contributed by atoms with Crippen molar-refractivity contribution in [3.05, 3.63) is 24.5 Å². The van der Waals surface area contributed by atoms with Crippen LogP contribution in [-0.4, -0.2) is 20.4 Å².